The van der Waals surface area contributed by atoms with Gasteiger partial charge in [-0.15, -0.1) is 0 Å². The molecular formula is C12H24N2. The molecule has 2 fully saturated rings. The topological polar surface area (TPSA) is 15.3 Å². The third-order valence-corrected chi connectivity index (χ3v) is 3.84. The van der Waals surface area contributed by atoms with Gasteiger partial charge in [-0.25, -0.2) is 0 Å². The Morgan fingerprint density at radius 2 is 2.21 bits per heavy atom. The van der Waals surface area contributed by atoms with E-state index < -0.39 is 0 Å². The Morgan fingerprint density at radius 3 is 2.86 bits per heavy atom. The van der Waals surface area contributed by atoms with E-state index in [0.717, 1.165) is 6.04 Å². The van der Waals surface area contributed by atoms with Crippen molar-refractivity contribution in [2.24, 2.45) is 0 Å². The lowest BCUT2D eigenvalue weighted by Crippen LogP contribution is -2.49. The van der Waals surface area contributed by atoms with E-state index in [0.29, 0.717) is 5.54 Å². The van der Waals surface area contributed by atoms with Crippen molar-refractivity contribution >= 4 is 0 Å². The quantitative estimate of drug-likeness (QED) is 0.740. The van der Waals surface area contributed by atoms with Crippen LogP contribution < -0.4 is 5.32 Å². The first-order valence-corrected chi connectivity index (χ1v) is 6.23. The zero-order chi connectivity index (χ0) is 10.0. The molecule has 1 heterocycles. The van der Waals surface area contributed by atoms with Crippen LogP contribution in [0.4, 0.5) is 0 Å². The summed E-state index contributed by atoms with van der Waals surface area (Å²) in [5.74, 6) is 0. The highest BCUT2D eigenvalue weighted by molar-refractivity contribution is 5.01. The van der Waals surface area contributed by atoms with E-state index in [9.17, 15) is 0 Å². The van der Waals surface area contributed by atoms with Crippen molar-refractivity contribution in [3.8, 4) is 0 Å². The fraction of sp³-hybridized carbons (Fsp3) is 1.00. The summed E-state index contributed by atoms with van der Waals surface area (Å²) in [6.07, 6.45) is 6.87. The number of piperidine rings is 1. The van der Waals surface area contributed by atoms with Crippen LogP contribution in [0.25, 0.3) is 0 Å². The average Bonchev–Trinajstić information content (AvgIpc) is 2.95. The van der Waals surface area contributed by atoms with Crippen molar-refractivity contribution in [2.45, 2.75) is 57.5 Å². The molecule has 0 spiro atoms. The summed E-state index contributed by atoms with van der Waals surface area (Å²) >= 11 is 0. The second-order valence-electron chi connectivity index (χ2n) is 5.24. The summed E-state index contributed by atoms with van der Waals surface area (Å²) in [5.41, 5.74) is 0.590. The Balaban J connectivity index is 1.78. The van der Waals surface area contributed by atoms with Crippen LogP contribution in [0.5, 0.6) is 0 Å². The van der Waals surface area contributed by atoms with E-state index in [2.05, 4.69) is 24.1 Å². The Bertz CT molecular complexity index is 187. The molecule has 1 aliphatic carbocycles. The van der Waals surface area contributed by atoms with Crippen molar-refractivity contribution in [2.75, 3.05) is 19.6 Å². The van der Waals surface area contributed by atoms with Crippen molar-refractivity contribution in [3.63, 3.8) is 0 Å². The molecule has 1 N–H and O–H groups in total. The SMILES string of the molecule is CCCNC1CCCN(C2(C)CC2)C1. The Kier molecular flexibility index (Phi) is 3.13. The van der Waals surface area contributed by atoms with Crippen LogP contribution in [0.1, 0.15) is 46.0 Å². The monoisotopic (exact) mass is 196 g/mol. The first kappa shape index (κ1) is 10.4. The van der Waals surface area contributed by atoms with Gasteiger partial charge in [0.25, 0.3) is 0 Å². The second-order valence-corrected chi connectivity index (χ2v) is 5.24. The fourth-order valence-electron chi connectivity index (χ4n) is 2.48. The summed E-state index contributed by atoms with van der Waals surface area (Å²) in [5, 5.41) is 3.66. The van der Waals surface area contributed by atoms with Gasteiger partial charge < -0.3 is 5.32 Å². The lowest BCUT2D eigenvalue weighted by molar-refractivity contribution is 0.131. The van der Waals surface area contributed by atoms with Crippen molar-refractivity contribution in [1.82, 2.24) is 10.2 Å². The maximum atomic E-state index is 3.66. The first-order valence-electron chi connectivity index (χ1n) is 6.23. The van der Waals surface area contributed by atoms with Gasteiger partial charge in [0, 0.05) is 18.1 Å². The van der Waals surface area contributed by atoms with E-state index in [-0.39, 0.29) is 0 Å². The maximum Gasteiger partial charge on any atom is 0.0195 e. The third-order valence-electron chi connectivity index (χ3n) is 3.84. The molecule has 82 valence electrons. The average molecular weight is 196 g/mol. The minimum absolute atomic E-state index is 0.590. The molecule has 2 heteroatoms. The molecule has 0 amide bonds. The van der Waals surface area contributed by atoms with E-state index in [1.54, 1.807) is 0 Å². The zero-order valence-corrected chi connectivity index (χ0v) is 9.68. The molecule has 0 bridgehead atoms. The summed E-state index contributed by atoms with van der Waals surface area (Å²) < 4.78 is 0. The number of hydrogen-bond donors (Lipinski definition) is 1. The number of rotatable bonds is 4. The normalized spacial score (nSPS) is 31.7. The molecule has 0 radical (unpaired) electrons. The van der Waals surface area contributed by atoms with Gasteiger partial charge in [-0.3, -0.25) is 4.90 Å². The predicted molar refractivity (Wildman–Crippen MR) is 60.5 cm³/mol. The van der Waals surface area contributed by atoms with Crippen molar-refractivity contribution in [3.05, 3.63) is 0 Å². The van der Waals surface area contributed by atoms with E-state index >= 15 is 0 Å². The zero-order valence-electron chi connectivity index (χ0n) is 9.68. The van der Waals surface area contributed by atoms with E-state index in [1.807, 2.05) is 0 Å². The minimum atomic E-state index is 0.590. The predicted octanol–water partition coefficient (Wildman–Crippen LogP) is 2.00. The second kappa shape index (κ2) is 4.19. The number of nitrogens with one attached hydrogen (secondary N) is 1. The number of likely N-dealkylation sites (tertiary alicyclic amines) is 1. The fourth-order valence-corrected chi connectivity index (χ4v) is 2.48. The van der Waals surface area contributed by atoms with Gasteiger partial charge in [-0.05, 0) is 52.1 Å². The lowest BCUT2D eigenvalue weighted by Gasteiger charge is -2.37. The summed E-state index contributed by atoms with van der Waals surface area (Å²) in [7, 11) is 0. The molecule has 2 aliphatic rings. The van der Waals surface area contributed by atoms with Gasteiger partial charge in [-0.1, -0.05) is 6.92 Å². The van der Waals surface area contributed by atoms with Gasteiger partial charge in [-0.2, -0.15) is 0 Å². The molecule has 2 rings (SSSR count). The van der Waals surface area contributed by atoms with Gasteiger partial charge in [0.2, 0.25) is 0 Å². The Morgan fingerprint density at radius 1 is 1.43 bits per heavy atom. The molecule has 1 saturated heterocycles. The highest BCUT2D eigenvalue weighted by atomic mass is 15.2. The number of nitrogens with zero attached hydrogens (tertiary/aromatic N) is 1. The van der Waals surface area contributed by atoms with Gasteiger partial charge in [0.05, 0.1) is 0 Å². The molecule has 1 aliphatic heterocycles. The molecule has 1 atom stereocenters. The first-order chi connectivity index (χ1) is 6.74. The van der Waals surface area contributed by atoms with Gasteiger partial charge in [0.1, 0.15) is 0 Å². The van der Waals surface area contributed by atoms with E-state index in [1.165, 1.54) is 51.7 Å². The molecule has 1 saturated carbocycles. The smallest absolute Gasteiger partial charge is 0.0195 e. The highest BCUT2D eigenvalue weighted by Crippen LogP contribution is 2.42. The molecule has 0 aromatic carbocycles. The molecular weight excluding hydrogens is 172 g/mol. The van der Waals surface area contributed by atoms with Gasteiger partial charge >= 0.3 is 0 Å². The Labute approximate surface area is 88.1 Å². The molecule has 1 unspecified atom stereocenters. The Hall–Kier alpha value is -0.0800. The molecule has 0 aromatic rings. The summed E-state index contributed by atoms with van der Waals surface area (Å²) in [6.45, 7) is 8.48. The van der Waals surface area contributed by atoms with Crippen molar-refractivity contribution < 1.29 is 0 Å². The highest BCUT2D eigenvalue weighted by Gasteiger charge is 2.44. The summed E-state index contributed by atoms with van der Waals surface area (Å²) in [4.78, 5) is 2.71. The van der Waals surface area contributed by atoms with E-state index in [4.69, 9.17) is 0 Å². The van der Waals surface area contributed by atoms with Crippen LogP contribution >= 0.6 is 0 Å². The molecule has 0 aromatic heterocycles. The summed E-state index contributed by atoms with van der Waals surface area (Å²) in [6, 6.07) is 0.765. The van der Waals surface area contributed by atoms with Crippen molar-refractivity contribution in [1.29, 1.82) is 0 Å². The lowest BCUT2D eigenvalue weighted by atomic mass is 10.0. The van der Waals surface area contributed by atoms with Crippen LogP contribution in [0.15, 0.2) is 0 Å². The maximum absolute atomic E-state index is 3.66. The van der Waals surface area contributed by atoms with Crippen LogP contribution in [0.3, 0.4) is 0 Å². The largest absolute Gasteiger partial charge is 0.313 e. The van der Waals surface area contributed by atoms with Gasteiger partial charge in [0.15, 0.2) is 0 Å². The van der Waals surface area contributed by atoms with Crippen LogP contribution in [0.2, 0.25) is 0 Å². The molecule has 14 heavy (non-hydrogen) atoms. The van der Waals surface area contributed by atoms with Crippen LogP contribution in [-0.2, 0) is 0 Å². The standard InChI is InChI=1S/C12H24N2/c1-3-8-13-11-5-4-9-14(10-11)12(2)6-7-12/h11,13H,3-10H2,1-2H3. The van der Waals surface area contributed by atoms with Crippen LogP contribution in [-0.4, -0.2) is 36.1 Å². The third kappa shape index (κ3) is 2.29. The van der Waals surface area contributed by atoms with Crippen LogP contribution in [0, 0.1) is 0 Å². The minimum Gasteiger partial charge on any atom is -0.313 e. The number of hydrogen-bond acceptors (Lipinski definition) is 2. The molecule has 2 nitrogen and oxygen atoms in total.